The third kappa shape index (κ3) is 8.56. The molecule has 1 aromatic carbocycles. The largest absolute Gasteiger partial charge is 0.434 e. The number of hydrogen-bond donors (Lipinski definition) is 2. The highest BCUT2D eigenvalue weighted by molar-refractivity contribution is 14.0. The highest BCUT2D eigenvalue weighted by atomic mass is 127. The molecule has 1 aromatic heterocycles. The van der Waals surface area contributed by atoms with Crippen LogP contribution in [-0.2, 0) is 29.3 Å². The monoisotopic (exact) mass is 532 g/mol. The minimum Gasteiger partial charge on any atom is -0.355 e. The van der Waals surface area contributed by atoms with Crippen LogP contribution in [0.2, 0.25) is 0 Å². The predicted molar refractivity (Wildman–Crippen MR) is 114 cm³/mol. The minimum atomic E-state index is -4.43. The molecule has 0 spiro atoms. The van der Waals surface area contributed by atoms with Gasteiger partial charge < -0.3 is 10.6 Å². The molecule has 1 heterocycles. The van der Waals surface area contributed by atoms with Crippen molar-refractivity contribution in [1.82, 2.24) is 15.6 Å². The number of halogens is 4. The Hall–Kier alpha value is -1.21. The van der Waals surface area contributed by atoms with Crippen molar-refractivity contribution in [3.05, 3.63) is 52.0 Å². The zero-order valence-corrected chi connectivity index (χ0v) is 18.4. The number of aromatic nitrogens is 1. The van der Waals surface area contributed by atoms with Crippen molar-refractivity contribution in [3.8, 4) is 0 Å². The van der Waals surface area contributed by atoms with Gasteiger partial charge in [0.15, 0.2) is 11.7 Å². The van der Waals surface area contributed by atoms with E-state index in [0.29, 0.717) is 29.0 Å². The molecule has 1 atom stereocenters. The van der Waals surface area contributed by atoms with Crippen LogP contribution in [0, 0.1) is 0 Å². The first-order valence-electron chi connectivity index (χ1n) is 7.73. The lowest BCUT2D eigenvalue weighted by Crippen LogP contribution is -2.38. The van der Waals surface area contributed by atoms with E-state index in [1.165, 1.54) is 0 Å². The number of alkyl halides is 3. The Balaban J connectivity index is 0.00000364. The van der Waals surface area contributed by atoms with Gasteiger partial charge in [0.2, 0.25) is 0 Å². The molecular weight excluding hydrogens is 512 g/mol. The second-order valence-corrected chi connectivity index (χ2v) is 7.77. The van der Waals surface area contributed by atoms with E-state index >= 15 is 0 Å². The second kappa shape index (κ2) is 11.6. The lowest BCUT2D eigenvalue weighted by Gasteiger charge is -2.10. The molecule has 0 fully saturated rings. The predicted octanol–water partition coefficient (Wildman–Crippen LogP) is 3.39. The molecule has 2 aromatic rings. The molecule has 0 saturated heterocycles. The Bertz CT molecular complexity index is 754. The van der Waals surface area contributed by atoms with E-state index < -0.39 is 22.7 Å². The molecule has 27 heavy (non-hydrogen) atoms. The third-order valence-electron chi connectivity index (χ3n) is 3.27. The summed E-state index contributed by atoms with van der Waals surface area (Å²) in [6.45, 7) is 0.568. The highest BCUT2D eigenvalue weighted by Gasteiger charge is 2.33. The van der Waals surface area contributed by atoms with Crippen LogP contribution in [0.1, 0.15) is 16.3 Å². The number of benzene rings is 1. The smallest absolute Gasteiger partial charge is 0.355 e. The molecule has 0 aliphatic carbocycles. The summed E-state index contributed by atoms with van der Waals surface area (Å²) < 4.78 is 49.6. The standard InChI is InChI=1S/C16H19F3N4OS2.HI/c1-20-15(22-9-14-23-13(10-25-14)16(17,18)19)21-7-8-26(24)11-12-5-3-2-4-6-12;/h2-6,10H,7-9,11H2,1H3,(H2,20,21,22);1H. The fourth-order valence-electron chi connectivity index (χ4n) is 2.02. The molecule has 11 heteroatoms. The first kappa shape index (κ1) is 23.8. The van der Waals surface area contributed by atoms with Gasteiger partial charge in [-0.15, -0.1) is 35.3 Å². The van der Waals surface area contributed by atoms with Crippen molar-refractivity contribution < 1.29 is 17.4 Å². The SMILES string of the molecule is CN=C(NCCS(=O)Cc1ccccc1)NCc1nc(C(F)(F)F)cs1.I. The van der Waals surface area contributed by atoms with E-state index in [1.807, 2.05) is 30.3 Å². The van der Waals surface area contributed by atoms with Crippen molar-refractivity contribution in [2.45, 2.75) is 18.5 Å². The molecule has 1 unspecified atom stereocenters. The zero-order chi connectivity index (χ0) is 19.0. The van der Waals surface area contributed by atoms with E-state index in [1.54, 1.807) is 7.05 Å². The maximum absolute atomic E-state index is 12.5. The van der Waals surface area contributed by atoms with Crippen LogP contribution in [0.3, 0.4) is 0 Å². The Morgan fingerprint density at radius 3 is 2.56 bits per heavy atom. The van der Waals surface area contributed by atoms with Crippen LogP contribution >= 0.6 is 35.3 Å². The summed E-state index contributed by atoms with van der Waals surface area (Å²) in [5, 5.41) is 7.19. The van der Waals surface area contributed by atoms with Gasteiger partial charge in [-0.25, -0.2) is 4.98 Å². The Morgan fingerprint density at radius 1 is 1.26 bits per heavy atom. The first-order valence-corrected chi connectivity index (χ1v) is 10.1. The number of guanidine groups is 1. The molecule has 150 valence electrons. The van der Waals surface area contributed by atoms with Crippen molar-refractivity contribution in [3.63, 3.8) is 0 Å². The van der Waals surface area contributed by atoms with Crippen molar-refractivity contribution in [1.29, 1.82) is 0 Å². The summed E-state index contributed by atoms with van der Waals surface area (Å²) in [7, 11) is 0.538. The van der Waals surface area contributed by atoms with Crippen molar-refractivity contribution in [2.75, 3.05) is 19.3 Å². The zero-order valence-electron chi connectivity index (χ0n) is 14.5. The van der Waals surface area contributed by atoms with Gasteiger partial charge >= 0.3 is 6.18 Å². The summed E-state index contributed by atoms with van der Waals surface area (Å²) in [5.41, 5.74) is 0.121. The Morgan fingerprint density at radius 2 is 1.96 bits per heavy atom. The molecule has 0 amide bonds. The van der Waals surface area contributed by atoms with Crippen molar-refractivity contribution >= 4 is 52.1 Å². The molecule has 2 N–H and O–H groups in total. The van der Waals surface area contributed by atoms with Crippen LogP contribution in [0.15, 0.2) is 40.7 Å². The minimum absolute atomic E-state index is 0. The van der Waals surface area contributed by atoms with E-state index in [0.717, 1.165) is 22.3 Å². The lowest BCUT2D eigenvalue weighted by atomic mass is 10.2. The van der Waals surface area contributed by atoms with Gasteiger partial charge in [-0.2, -0.15) is 13.2 Å². The summed E-state index contributed by atoms with van der Waals surface area (Å²) in [5.74, 6) is 1.34. The number of aliphatic imine (C=N–C) groups is 1. The van der Waals surface area contributed by atoms with E-state index in [9.17, 15) is 17.4 Å². The number of nitrogens with one attached hydrogen (secondary N) is 2. The topological polar surface area (TPSA) is 66.4 Å². The number of thiazole rings is 1. The van der Waals surface area contributed by atoms with Gasteiger partial charge in [-0.3, -0.25) is 9.20 Å². The van der Waals surface area contributed by atoms with Gasteiger partial charge in [-0.1, -0.05) is 30.3 Å². The van der Waals surface area contributed by atoms with Crippen LogP contribution in [0.25, 0.3) is 0 Å². The van der Waals surface area contributed by atoms with Crippen LogP contribution in [0.4, 0.5) is 13.2 Å². The van der Waals surface area contributed by atoms with E-state index in [4.69, 9.17) is 0 Å². The molecular formula is C16H20F3IN4OS2. The highest BCUT2D eigenvalue weighted by Crippen LogP contribution is 2.29. The van der Waals surface area contributed by atoms with Crippen LogP contribution in [0.5, 0.6) is 0 Å². The van der Waals surface area contributed by atoms with Gasteiger partial charge in [-0.05, 0) is 5.56 Å². The normalized spacial score (nSPS) is 13.0. The summed E-state index contributed by atoms with van der Waals surface area (Å²) in [6.07, 6.45) is -4.43. The molecule has 0 radical (unpaired) electrons. The average molecular weight is 532 g/mol. The number of rotatable bonds is 7. The molecule has 0 aliphatic rings. The maximum Gasteiger partial charge on any atom is 0.434 e. The van der Waals surface area contributed by atoms with Gasteiger partial charge in [0.05, 0.1) is 6.54 Å². The molecule has 0 aliphatic heterocycles. The fourth-order valence-corrected chi connectivity index (χ4v) is 3.80. The second-order valence-electron chi connectivity index (χ2n) is 5.25. The quantitative estimate of drug-likeness (QED) is 0.326. The summed E-state index contributed by atoms with van der Waals surface area (Å²) in [4.78, 5) is 7.53. The van der Waals surface area contributed by atoms with E-state index in [2.05, 4.69) is 20.6 Å². The summed E-state index contributed by atoms with van der Waals surface area (Å²) in [6, 6.07) is 9.56. The third-order valence-corrected chi connectivity index (χ3v) is 5.43. The summed E-state index contributed by atoms with van der Waals surface area (Å²) >= 11 is 0.934. The first-order chi connectivity index (χ1) is 12.4. The fraction of sp³-hybridized carbons (Fsp3) is 0.375. The number of hydrogen-bond acceptors (Lipinski definition) is 4. The maximum atomic E-state index is 12.5. The molecule has 0 bridgehead atoms. The Kier molecular flexibility index (Phi) is 10.2. The Labute approximate surface area is 179 Å². The van der Waals surface area contributed by atoms with Gasteiger partial charge in [0.25, 0.3) is 0 Å². The molecule has 0 saturated carbocycles. The van der Waals surface area contributed by atoms with Crippen LogP contribution < -0.4 is 10.6 Å². The van der Waals surface area contributed by atoms with Crippen LogP contribution in [-0.4, -0.2) is 34.5 Å². The molecule has 2 rings (SSSR count). The lowest BCUT2D eigenvalue weighted by molar-refractivity contribution is -0.140. The number of nitrogens with zero attached hydrogens (tertiary/aromatic N) is 2. The van der Waals surface area contributed by atoms with E-state index in [-0.39, 0.29) is 30.5 Å². The van der Waals surface area contributed by atoms with Crippen molar-refractivity contribution in [2.24, 2.45) is 4.99 Å². The molecule has 5 nitrogen and oxygen atoms in total. The van der Waals surface area contributed by atoms with Gasteiger partial charge in [0, 0.05) is 41.3 Å². The average Bonchev–Trinajstić information content (AvgIpc) is 3.08. The van der Waals surface area contributed by atoms with Gasteiger partial charge in [0.1, 0.15) is 5.01 Å².